The van der Waals surface area contributed by atoms with Crippen molar-refractivity contribution >= 4 is 17.4 Å². The Morgan fingerprint density at radius 2 is 1.88 bits per heavy atom. The zero-order valence-corrected chi connectivity index (χ0v) is 30.7. The molecular weight excluding hydrogens is 666 g/mol. The lowest BCUT2D eigenvalue weighted by Crippen LogP contribution is -2.57. The van der Waals surface area contributed by atoms with Gasteiger partial charge in [0.15, 0.2) is 17.7 Å². The summed E-state index contributed by atoms with van der Waals surface area (Å²) in [6, 6.07) is 5.02. The number of benzene rings is 1. The van der Waals surface area contributed by atoms with Gasteiger partial charge in [-0.2, -0.15) is 0 Å². The van der Waals surface area contributed by atoms with Crippen molar-refractivity contribution in [2.75, 3.05) is 6.61 Å². The SMILES string of the molecule is CC[C@H]1O[C@]2(CC[C@@H]1C)C[C@@H]1C[C@@H](C/C=C(\C)[C@H](OC3Cc4ccc([N+](=O)[O-])cc4C3)[C@@H](C)/C=C/C=C3\CO[C@@H]4C(=O)C(C)=C[C@@H](C(=O)O1)[C@]34O)O2. The lowest BCUT2D eigenvalue weighted by atomic mass is 9.71. The summed E-state index contributed by atoms with van der Waals surface area (Å²) in [4.78, 5) is 38.5. The Balaban J connectivity index is 1.24. The van der Waals surface area contributed by atoms with Crippen molar-refractivity contribution in [3.63, 3.8) is 0 Å². The third-order valence-electron chi connectivity index (χ3n) is 12.2. The molecule has 0 radical (unpaired) electrons. The number of ether oxygens (including phenoxy) is 5. The van der Waals surface area contributed by atoms with Crippen LogP contribution >= 0.6 is 0 Å². The fourth-order valence-electron chi connectivity index (χ4n) is 9.23. The van der Waals surface area contributed by atoms with Gasteiger partial charge >= 0.3 is 5.97 Å². The molecule has 1 spiro atoms. The Morgan fingerprint density at radius 1 is 1.10 bits per heavy atom. The molecule has 4 heterocycles. The van der Waals surface area contributed by atoms with Gasteiger partial charge in [0.1, 0.15) is 17.6 Å². The van der Waals surface area contributed by atoms with Crippen LogP contribution < -0.4 is 0 Å². The van der Waals surface area contributed by atoms with Crippen molar-refractivity contribution in [1.29, 1.82) is 0 Å². The Kier molecular flexibility index (Phi) is 10.2. The van der Waals surface area contributed by atoms with Crippen molar-refractivity contribution in [3.05, 3.63) is 86.5 Å². The van der Waals surface area contributed by atoms with Crippen molar-refractivity contribution in [2.24, 2.45) is 17.8 Å². The predicted molar refractivity (Wildman–Crippen MR) is 191 cm³/mol. The topological polar surface area (TPSA) is 144 Å². The molecule has 3 fully saturated rings. The van der Waals surface area contributed by atoms with Gasteiger partial charge in [-0.25, -0.2) is 0 Å². The summed E-state index contributed by atoms with van der Waals surface area (Å²) in [7, 11) is 0. The number of aliphatic hydroxyl groups is 1. The monoisotopic (exact) mass is 717 g/mol. The predicted octanol–water partition coefficient (Wildman–Crippen LogP) is 6.20. The molecule has 6 aliphatic rings. The molecule has 4 aliphatic heterocycles. The fourth-order valence-corrected chi connectivity index (χ4v) is 9.23. The number of ketones is 1. The highest BCUT2D eigenvalue weighted by molar-refractivity contribution is 6.03. The van der Waals surface area contributed by atoms with Crippen molar-refractivity contribution in [3.8, 4) is 0 Å². The van der Waals surface area contributed by atoms with E-state index in [1.54, 1.807) is 25.1 Å². The minimum absolute atomic E-state index is 0.00522. The Morgan fingerprint density at radius 3 is 2.65 bits per heavy atom. The Hall–Kier alpha value is -3.48. The van der Waals surface area contributed by atoms with Gasteiger partial charge in [0, 0.05) is 37.3 Å². The third kappa shape index (κ3) is 6.86. The highest BCUT2D eigenvalue weighted by Crippen LogP contribution is 2.47. The number of nitrogens with zero attached hydrogens (tertiary/aromatic N) is 1. The number of non-ortho nitro benzene ring substituents is 1. The maximum atomic E-state index is 14.1. The molecular formula is C41H51NO10. The highest BCUT2D eigenvalue weighted by Gasteiger charge is 2.60. The molecule has 1 aromatic carbocycles. The molecule has 2 aliphatic carbocycles. The van der Waals surface area contributed by atoms with Crippen LogP contribution in [0.15, 0.2) is 65.3 Å². The fraction of sp³-hybridized carbons (Fsp3) is 0.610. The molecule has 1 unspecified atom stereocenters. The van der Waals surface area contributed by atoms with E-state index in [0.29, 0.717) is 55.6 Å². The van der Waals surface area contributed by atoms with Gasteiger partial charge in [-0.15, -0.1) is 0 Å². The highest BCUT2D eigenvalue weighted by atomic mass is 16.7. The molecule has 2 bridgehead atoms. The number of fused-ring (bicyclic) bond motifs is 3. The van der Waals surface area contributed by atoms with Crippen LogP contribution in [0.2, 0.25) is 0 Å². The number of allylic oxidation sites excluding steroid dienone is 2. The van der Waals surface area contributed by atoms with E-state index >= 15 is 0 Å². The molecule has 52 heavy (non-hydrogen) atoms. The number of hydrogen-bond donors (Lipinski definition) is 1. The zero-order chi connectivity index (χ0) is 36.9. The van der Waals surface area contributed by atoms with Crippen LogP contribution in [0.25, 0.3) is 0 Å². The average molecular weight is 718 g/mol. The Labute approximate surface area is 305 Å². The molecule has 0 aromatic heterocycles. The van der Waals surface area contributed by atoms with Crippen molar-refractivity contribution in [1.82, 2.24) is 0 Å². The summed E-state index contributed by atoms with van der Waals surface area (Å²) < 4.78 is 32.6. The summed E-state index contributed by atoms with van der Waals surface area (Å²) in [5.74, 6) is -2.73. The molecule has 7 rings (SSSR count). The summed E-state index contributed by atoms with van der Waals surface area (Å²) in [6.45, 7) is 10.1. The molecule has 280 valence electrons. The normalized spacial score (nSPS) is 41.9. The van der Waals surface area contributed by atoms with Crippen LogP contribution in [0.5, 0.6) is 0 Å². The van der Waals surface area contributed by atoms with E-state index in [0.717, 1.165) is 29.5 Å². The summed E-state index contributed by atoms with van der Waals surface area (Å²) in [6.07, 6.45) is 11.8. The maximum absolute atomic E-state index is 14.1. The van der Waals surface area contributed by atoms with Crippen LogP contribution in [0.3, 0.4) is 0 Å². The number of rotatable bonds is 4. The zero-order valence-electron chi connectivity index (χ0n) is 30.7. The van der Waals surface area contributed by atoms with Gasteiger partial charge in [-0.3, -0.25) is 19.7 Å². The van der Waals surface area contributed by atoms with Crippen LogP contribution in [0.1, 0.15) is 84.3 Å². The first-order valence-electron chi connectivity index (χ1n) is 18.9. The largest absolute Gasteiger partial charge is 0.462 e. The first-order valence-corrected chi connectivity index (χ1v) is 18.9. The smallest absolute Gasteiger partial charge is 0.316 e. The second kappa shape index (κ2) is 14.4. The summed E-state index contributed by atoms with van der Waals surface area (Å²) >= 11 is 0. The van der Waals surface area contributed by atoms with Gasteiger partial charge in [-0.05, 0) is 79.7 Å². The molecule has 3 saturated heterocycles. The summed E-state index contributed by atoms with van der Waals surface area (Å²) in [5, 5.41) is 23.7. The second-order valence-electron chi connectivity index (χ2n) is 15.9. The molecule has 0 amide bonds. The molecule has 1 N–H and O–H groups in total. The van der Waals surface area contributed by atoms with Crippen LogP contribution in [-0.4, -0.2) is 76.4 Å². The summed E-state index contributed by atoms with van der Waals surface area (Å²) in [5.41, 5.74) is 1.97. The molecule has 1 aromatic rings. The molecule has 11 nitrogen and oxygen atoms in total. The van der Waals surface area contributed by atoms with Gasteiger partial charge in [0.05, 0.1) is 35.9 Å². The minimum atomic E-state index is -1.89. The number of carbonyl (C=O) groups is 2. The van der Waals surface area contributed by atoms with Gasteiger partial charge in [0.2, 0.25) is 0 Å². The first-order chi connectivity index (χ1) is 24.8. The molecule has 0 saturated carbocycles. The lowest BCUT2D eigenvalue weighted by molar-refractivity contribution is -0.384. The number of nitro groups is 1. The average Bonchev–Trinajstić information content (AvgIpc) is 3.68. The number of carbonyl (C=O) groups excluding carboxylic acids is 2. The minimum Gasteiger partial charge on any atom is -0.462 e. The lowest BCUT2D eigenvalue weighted by Gasteiger charge is -2.49. The van der Waals surface area contributed by atoms with Gasteiger partial charge < -0.3 is 28.8 Å². The number of hydrogen-bond acceptors (Lipinski definition) is 10. The second-order valence-corrected chi connectivity index (χ2v) is 15.9. The van der Waals surface area contributed by atoms with Crippen LogP contribution in [0, 0.1) is 27.9 Å². The van der Waals surface area contributed by atoms with E-state index in [-0.39, 0.29) is 53.3 Å². The number of esters is 1. The number of Topliss-reactive ketones (excluding diaryl/α,β-unsaturated/α-hetero) is 1. The van der Waals surface area contributed by atoms with Gasteiger partial charge in [0.25, 0.3) is 5.69 Å². The maximum Gasteiger partial charge on any atom is 0.316 e. The van der Waals surface area contributed by atoms with E-state index in [9.17, 15) is 24.8 Å². The third-order valence-corrected chi connectivity index (χ3v) is 12.2. The quantitative estimate of drug-likeness (QED) is 0.165. The molecule has 11 heteroatoms. The van der Waals surface area contributed by atoms with Crippen molar-refractivity contribution < 1.29 is 43.3 Å². The van der Waals surface area contributed by atoms with Gasteiger partial charge in [-0.1, -0.05) is 57.2 Å². The number of nitro benzene ring substituents is 1. The standard InChI is InChI=1S/C41H51NO10/c1-6-35-23(2)14-15-40(52-35)21-33-20-31(51-40)13-10-25(4)37(49-32-18-27-11-12-30(42(46)47)17-28(27)19-32)24(3)8-7-9-29-22-48-38-36(43)26(5)16-34(39(44)50-33)41(29,38)45/h7-12,16-17,23-24,31-35,37-38,45H,6,13-15,18-22H2,1-5H3/b8-7+,25-10+,29-9+/t23-,24-,31+,32?,33-,34-,35+,37+,38+,40+,41+/m0/s1. The van der Waals surface area contributed by atoms with E-state index in [2.05, 4.69) is 33.8 Å². The van der Waals surface area contributed by atoms with Crippen LogP contribution in [0.4, 0.5) is 5.69 Å². The van der Waals surface area contributed by atoms with E-state index in [1.165, 1.54) is 6.08 Å². The van der Waals surface area contributed by atoms with E-state index in [4.69, 9.17) is 23.7 Å². The molecule has 11 atom stereocenters. The van der Waals surface area contributed by atoms with E-state index < -0.39 is 35.5 Å². The van der Waals surface area contributed by atoms with Crippen molar-refractivity contribution in [2.45, 2.75) is 134 Å². The van der Waals surface area contributed by atoms with Crippen LogP contribution in [-0.2, 0) is 46.1 Å². The van der Waals surface area contributed by atoms with E-state index in [1.807, 2.05) is 18.2 Å². The first kappa shape index (κ1) is 36.9. The Bertz CT molecular complexity index is 1730.